The van der Waals surface area contributed by atoms with Crippen LogP contribution in [0.25, 0.3) is 0 Å². The second-order valence-corrected chi connectivity index (χ2v) is 4.60. The first-order valence-electron chi connectivity index (χ1n) is 5.99. The molecule has 1 aromatic rings. The zero-order chi connectivity index (χ0) is 11.4. The second-order valence-electron chi connectivity index (χ2n) is 4.60. The fourth-order valence-corrected chi connectivity index (χ4v) is 2.44. The minimum Gasteiger partial charge on any atom is -0.326 e. The van der Waals surface area contributed by atoms with Crippen LogP contribution in [0, 0.1) is 0 Å². The highest BCUT2D eigenvalue weighted by atomic mass is 15.2. The standard InChI is InChI=1S/C12H20N4/c1-16(9-12-14-7-4-8-15-12)11-6-3-2-5-10(11)13/h4,7-8,10-11H,2-3,5-6,9,13H2,1H3. The summed E-state index contributed by atoms with van der Waals surface area (Å²) < 4.78 is 0. The topological polar surface area (TPSA) is 55.0 Å². The minimum atomic E-state index is 0.308. The van der Waals surface area contributed by atoms with Gasteiger partial charge in [0.15, 0.2) is 0 Å². The smallest absolute Gasteiger partial charge is 0.142 e. The summed E-state index contributed by atoms with van der Waals surface area (Å²) in [6.07, 6.45) is 8.48. The first kappa shape index (κ1) is 11.5. The molecule has 88 valence electrons. The summed E-state index contributed by atoms with van der Waals surface area (Å²) in [5, 5.41) is 0. The van der Waals surface area contributed by atoms with Crippen LogP contribution < -0.4 is 5.73 Å². The lowest BCUT2D eigenvalue weighted by atomic mass is 9.90. The lowest BCUT2D eigenvalue weighted by Crippen LogP contribution is -2.47. The van der Waals surface area contributed by atoms with Crippen molar-refractivity contribution in [2.75, 3.05) is 7.05 Å². The van der Waals surface area contributed by atoms with Gasteiger partial charge in [-0.1, -0.05) is 12.8 Å². The second kappa shape index (κ2) is 5.37. The maximum atomic E-state index is 6.15. The molecule has 0 amide bonds. The van der Waals surface area contributed by atoms with Gasteiger partial charge in [-0.25, -0.2) is 9.97 Å². The van der Waals surface area contributed by atoms with E-state index in [1.54, 1.807) is 12.4 Å². The van der Waals surface area contributed by atoms with Gasteiger partial charge in [0.2, 0.25) is 0 Å². The van der Waals surface area contributed by atoms with E-state index in [0.29, 0.717) is 12.1 Å². The molecular formula is C12H20N4. The molecule has 0 bridgehead atoms. The van der Waals surface area contributed by atoms with Crippen molar-refractivity contribution in [1.82, 2.24) is 14.9 Å². The monoisotopic (exact) mass is 220 g/mol. The van der Waals surface area contributed by atoms with Crippen LogP contribution in [0.15, 0.2) is 18.5 Å². The van der Waals surface area contributed by atoms with E-state index < -0.39 is 0 Å². The Labute approximate surface area is 96.9 Å². The van der Waals surface area contributed by atoms with Crippen LogP contribution in [0.4, 0.5) is 0 Å². The Bertz CT molecular complexity index is 314. The number of nitrogens with zero attached hydrogens (tertiary/aromatic N) is 3. The van der Waals surface area contributed by atoms with Crippen molar-refractivity contribution in [2.24, 2.45) is 5.73 Å². The van der Waals surface area contributed by atoms with E-state index in [0.717, 1.165) is 18.8 Å². The number of hydrogen-bond acceptors (Lipinski definition) is 4. The maximum Gasteiger partial charge on any atom is 0.142 e. The number of nitrogens with two attached hydrogens (primary N) is 1. The molecule has 1 aliphatic rings. The first-order chi connectivity index (χ1) is 7.77. The van der Waals surface area contributed by atoms with Gasteiger partial charge >= 0.3 is 0 Å². The van der Waals surface area contributed by atoms with E-state index >= 15 is 0 Å². The molecule has 0 radical (unpaired) electrons. The molecule has 2 atom stereocenters. The van der Waals surface area contributed by atoms with Crippen molar-refractivity contribution in [1.29, 1.82) is 0 Å². The van der Waals surface area contributed by atoms with Crippen LogP contribution in [-0.2, 0) is 6.54 Å². The van der Waals surface area contributed by atoms with Crippen LogP contribution in [0.3, 0.4) is 0 Å². The fraction of sp³-hybridized carbons (Fsp3) is 0.667. The van der Waals surface area contributed by atoms with Gasteiger partial charge in [0.1, 0.15) is 5.82 Å². The Morgan fingerprint density at radius 3 is 2.69 bits per heavy atom. The maximum absolute atomic E-state index is 6.15. The van der Waals surface area contributed by atoms with Crippen molar-refractivity contribution in [3.8, 4) is 0 Å². The quantitative estimate of drug-likeness (QED) is 0.831. The van der Waals surface area contributed by atoms with Gasteiger partial charge in [0, 0.05) is 24.5 Å². The Balaban J connectivity index is 1.94. The average Bonchev–Trinajstić information content (AvgIpc) is 2.31. The van der Waals surface area contributed by atoms with Crippen molar-refractivity contribution in [3.63, 3.8) is 0 Å². The molecule has 0 saturated heterocycles. The zero-order valence-electron chi connectivity index (χ0n) is 9.84. The third-order valence-corrected chi connectivity index (χ3v) is 3.36. The lowest BCUT2D eigenvalue weighted by Gasteiger charge is -2.35. The predicted molar refractivity (Wildman–Crippen MR) is 63.7 cm³/mol. The largest absolute Gasteiger partial charge is 0.326 e. The first-order valence-corrected chi connectivity index (χ1v) is 5.99. The molecule has 0 aliphatic heterocycles. The number of likely N-dealkylation sites (N-methyl/N-ethyl adjacent to an activating group) is 1. The van der Waals surface area contributed by atoms with E-state index in [9.17, 15) is 0 Å². The summed E-state index contributed by atoms with van der Waals surface area (Å²) in [6.45, 7) is 0.791. The van der Waals surface area contributed by atoms with Gasteiger partial charge in [-0.2, -0.15) is 0 Å². The molecule has 2 unspecified atom stereocenters. The summed E-state index contributed by atoms with van der Waals surface area (Å²) in [5.74, 6) is 0.878. The van der Waals surface area contributed by atoms with Gasteiger partial charge < -0.3 is 5.73 Å². The zero-order valence-corrected chi connectivity index (χ0v) is 9.84. The SMILES string of the molecule is CN(Cc1ncccn1)C1CCCCC1N. The highest BCUT2D eigenvalue weighted by molar-refractivity contribution is 4.91. The summed E-state index contributed by atoms with van der Waals surface area (Å²) in [7, 11) is 2.12. The van der Waals surface area contributed by atoms with Crippen molar-refractivity contribution >= 4 is 0 Å². The predicted octanol–water partition coefficient (Wildman–Crippen LogP) is 1.18. The van der Waals surface area contributed by atoms with E-state index in [2.05, 4.69) is 21.9 Å². The number of aromatic nitrogens is 2. The molecule has 1 fully saturated rings. The molecule has 2 rings (SSSR count). The third-order valence-electron chi connectivity index (χ3n) is 3.36. The molecule has 1 aliphatic carbocycles. The summed E-state index contributed by atoms with van der Waals surface area (Å²) in [5.41, 5.74) is 6.15. The number of rotatable bonds is 3. The molecule has 1 heterocycles. The Morgan fingerprint density at radius 2 is 2.00 bits per heavy atom. The molecule has 0 aromatic carbocycles. The van der Waals surface area contributed by atoms with Crippen molar-refractivity contribution < 1.29 is 0 Å². The van der Waals surface area contributed by atoms with Gasteiger partial charge in [0.05, 0.1) is 6.54 Å². The molecule has 16 heavy (non-hydrogen) atoms. The van der Waals surface area contributed by atoms with Gasteiger partial charge in [0.25, 0.3) is 0 Å². The molecule has 4 nitrogen and oxygen atoms in total. The Kier molecular flexibility index (Phi) is 3.85. The summed E-state index contributed by atoms with van der Waals surface area (Å²) >= 11 is 0. The van der Waals surface area contributed by atoms with Crippen molar-refractivity contribution in [3.05, 3.63) is 24.3 Å². The van der Waals surface area contributed by atoms with E-state index in [1.807, 2.05) is 6.07 Å². The number of hydrogen-bond donors (Lipinski definition) is 1. The van der Waals surface area contributed by atoms with Crippen LogP contribution in [0.2, 0.25) is 0 Å². The highest BCUT2D eigenvalue weighted by Crippen LogP contribution is 2.21. The lowest BCUT2D eigenvalue weighted by molar-refractivity contribution is 0.159. The van der Waals surface area contributed by atoms with E-state index in [1.165, 1.54) is 19.3 Å². The molecule has 1 saturated carbocycles. The average molecular weight is 220 g/mol. The molecule has 1 aromatic heterocycles. The van der Waals surface area contributed by atoms with Crippen LogP contribution in [0.5, 0.6) is 0 Å². The van der Waals surface area contributed by atoms with E-state index in [-0.39, 0.29) is 0 Å². The van der Waals surface area contributed by atoms with E-state index in [4.69, 9.17) is 5.73 Å². The van der Waals surface area contributed by atoms with Gasteiger partial charge in [-0.3, -0.25) is 4.90 Å². The molecular weight excluding hydrogens is 200 g/mol. The fourth-order valence-electron chi connectivity index (χ4n) is 2.44. The highest BCUT2D eigenvalue weighted by Gasteiger charge is 2.25. The van der Waals surface area contributed by atoms with Crippen molar-refractivity contribution in [2.45, 2.75) is 44.3 Å². The molecule has 2 N–H and O–H groups in total. The Hall–Kier alpha value is -1.00. The van der Waals surface area contributed by atoms with Crippen LogP contribution >= 0.6 is 0 Å². The normalized spacial score (nSPS) is 25.9. The Morgan fingerprint density at radius 1 is 1.31 bits per heavy atom. The van der Waals surface area contributed by atoms with Gasteiger partial charge in [-0.05, 0) is 26.0 Å². The van der Waals surface area contributed by atoms with Gasteiger partial charge in [-0.15, -0.1) is 0 Å². The minimum absolute atomic E-state index is 0.308. The summed E-state index contributed by atoms with van der Waals surface area (Å²) in [4.78, 5) is 10.8. The summed E-state index contributed by atoms with van der Waals surface area (Å²) in [6, 6.07) is 2.63. The molecule has 0 spiro atoms. The third kappa shape index (κ3) is 2.77. The molecule has 4 heteroatoms. The van der Waals surface area contributed by atoms with Crippen LogP contribution in [-0.4, -0.2) is 34.0 Å². The van der Waals surface area contributed by atoms with Crippen LogP contribution in [0.1, 0.15) is 31.5 Å².